The summed E-state index contributed by atoms with van der Waals surface area (Å²) in [5.41, 5.74) is 3.19. The highest BCUT2D eigenvalue weighted by Gasteiger charge is 2.01. The Morgan fingerprint density at radius 3 is 3.05 bits per heavy atom. The first-order chi connectivity index (χ1) is 9.24. The molecule has 0 atom stereocenters. The maximum atomic E-state index is 11.5. The molecule has 1 aromatic heterocycles. The van der Waals surface area contributed by atoms with Crippen LogP contribution in [0.25, 0.3) is 0 Å². The van der Waals surface area contributed by atoms with Crippen molar-refractivity contribution in [1.82, 2.24) is 10.4 Å². The predicted molar refractivity (Wildman–Crippen MR) is 76.2 cm³/mol. The van der Waals surface area contributed by atoms with Crippen molar-refractivity contribution < 1.29 is 9.53 Å². The number of hydrogen-bond donors (Lipinski definition) is 2. The number of hydrazone groups is 1. The summed E-state index contributed by atoms with van der Waals surface area (Å²) in [5, 5.41) is 3.80. The molecule has 0 saturated heterocycles. The number of aromatic amines is 1. The predicted octanol–water partition coefficient (Wildman–Crippen LogP) is 2.31. The van der Waals surface area contributed by atoms with Crippen molar-refractivity contribution in [2.45, 2.75) is 0 Å². The Bertz CT molecular complexity index is 567. The highest BCUT2D eigenvalue weighted by molar-refractivity contribution is 9.10. The van der Waals surface area contributed by atoms with E-state index in [1.165, 1.54) is 6.21 Å². The van der Waals surface area contributed by atoms with Crippen LogP contribution in [0.5, 0.6) is 5.75 Å². The van der Waals surface area contributed by atoms with Crippen LogP contribution in [0.15, 0.2) is 52.2 Å². The van der Waals surface area contributed by atoms with Gasteiger partial charge in [-0.3, -0.25) is 4.79 Å². The molecular formula is C13H12BrN3O2. The zero-order chi connectivity index (χ0) is 13.5. The van der Waals surface area contributed by atoms with Gasteiger partial charge in [0.15, 0.2) is 6.61 Å². The first kappa shape index (κ1) is 13.4. The van der Waals surface area contributed by atoms with Crippen LogP contribution in [0.2, 0.25) is 0 Å². The molecule has 6 heteroatoms. The second-order valence-corrected chi connectivity index (χ2v) is 4.58. The van der Waals surface area contributed by atoms with E-state index >= 15 is 0 Å². The van der Waals surface area contributed by atoms with E-state index in [-0.39, 0.29) is 12.5 Å². The smallest absolute Gasteiger partial charge is 0.277 e. The number of benzene rings is 1. The molecule has 1 aromatic carbocycles. The first-order valence-corrected chi connectivity index (χ1v) is 6.37. The van der Waals surface area contributed by atoms with Gasteiger partial charge >= 0.3 is 0 Å². The second kappa shape index (κ2) is 6.75. The lowest BCUT2D eigenvalue weighted by Crippen LogP contribution is -2.24. The minimum Gasteiger partial charge on any atom is -0.484 e. The fourth-order valence-electron chi connectivity index (χ4n) is 1.34. The summed E-state index contributed by atoms with van der Waals surface area (Å²) < 4.78 is 6.21. The molecule has 2 aromatic rings. The van der Waals surface area contributed by atoms with Gasteiger partial charge in [0.25, 0.3) is 5.91 Å². The number of halogens is 1. The molecule has 0 radical (unpaired) electrons. The Morgan fingerprint density at radius 1 is 1.42 bits per heavy atom. The fraction of sp³-hybridized carbons (Fsp3) is 0.0769. The second-order valence-electron chi connectivity index (χ2n) is 3.66. The normalized spacial score (nSPS) is 10.6. The average molecular weight is 322 g/mol. The van der Waals surface area contributed by atoms with E-state index in [1.807, 2.05) is 24.3 Å². The number of nitrogens with zero attached hydrogens (tertiary/aromatic N) is 1. The molecule has 2 rings (SSSR count). The van der Waals surface area contributed by atoms with E-state index in [2.05, 4.69) is 31.4 Å². The lowest BCUT2D eigenvalue weighted by Gasteiger charge is -2.04. The third-order valence-corrected chi connectivity index (χ3v) is 2.67. The highest BCUT2D eigenvalue weighted by atomic mass is 79.9. The van der Waals surface area contributed by atoms with Gasteiger partial charge in [-0.05, 0) is 30.3 Å². The molecule has 19 heavy (non-hydrogen) atoms. The van der Waals surface area contributed by atoms with Crippen LogP contribution in [-0.4, -0.2) is 23.7 Å². The largest absolute Gasteiger partial charge is 0.484 e. The average Bonchev–Trinajstić information content (AvgIpc) is 2.90. The number of ether oxygens (including phenoxy) is 1. The molecule has 0 spiro atoms. The summed E-state index contributed by atoms with van der Waals surface area (Å²) in [6.45, 7) is -0.0848. The molecule has 2 N–H and O–H groups in total. The molecule has 0 aliphatic rings. The van der Waals surface area contributed by atoms with E-state index in [4.69, 9.17) is 4.74 Å². The molecule has 1 heterocycles. The van der Waals surface area contributed by atoms with Crippen LogP contribution in [0.1, 0.15) is 5.69 Å². The van der Waals surface area contributed by atoms with Gasteiger partial charge in [-0.15, -0.1) is 0 Å². The number of aromatic nitrogens is 1. The summed E-state index contributed by atoms with van der Waals surface area (Å²) in [6.07, 6.45) is 3.30. The Kier molecular flexibility index (Phi) is 4.74. The summed E-state index contributed by atoms with van der Waals surface area (Å²) in [4.78, 5) is 14.4. The Balaban J connectivity index is 1.76. The summed E-state index contributed by atoms with van der Waals surface area (Å²) in [7, 11) is 0. The van der Waals surface area contributed by atoms with Gasteiger partial charge in [0.2, 0.25) is 0 Å². The zero-order valence-corrected chi connectivity index (χ0v) is 11.6. The van der Waals surface area contributed by atoms with E-state index in [1.54, 1.807) is 18.3 Å². The van der Waals surface area contributed by atoms with Crippen molar-refractivity contribution in [3.05, 3.63) is 52.8 Å². The van der Waals surface area contributed by atoms with Crippen LogP contribution in [-0.2, 0) is 4.79 Å². The van der Waals surface area contributed by atoms with Crippen molar-refractivity contribution in [2.24, 2.45) is 5.10 Å². The number of H-pyrrole nitrogens is 1. The number of rotatable bonds is 5. The van der Waals surface area contributed by atoms with Crippen molar-refractivity contribution >= 4 is 28.1 Å². The molecular weight excluding hydrogens is 310 g/mol. The van der Waals surface area contributed by atoms with Crippen molar-refractivity contribution in [1.29, 1.82) is 0 Å². The van der Waals surface area contributed by atoms with Crippen molar-refractivity contribution in [2.75, 3.05) is 6.61 Å². The van der Waals surface area contributed by atoms with E-state index < -0.39 is 0 Å². The topological polar surface area (TPSA) is 66.5 Å². The molecule has 0 aliphatic heterocycles. The Labute approximate surface area is 118 Å². The van der Waals surface area contributed by atoms with Gasteiger partial charge in [0.05, 0.1) is 11.9 Å². The Morgan fingerprint density at radius 2 is 2.32 bits per heavy atom. The monoisotopic (exact) mass is 321 g/mol. The van der Waals surface area contributed by atoms with E-state index in [9.17, 15) is 4.79 Å². The number of nitrogens with one attached hydrogen (secondary N) is 2. The van der Waals surface area contributed by atoms with Gasteiger partial charge in [0.1, 0.15) is 5.75 Å². The lowest BCUT2D eigenvalue weighted by molar-refractivity contribution is -0.123. The van der Waals surface area contributed by atoms with Crippen LogP contribution in [0, 0.1) is 0 Å². The van der Waals surface area contributed by atoms with Crippen molar-refractivity contribution in [3.63, 3.8) is 0 Å². The van der Waals surface area contributed by atoms with Crippen molar-refractivity contribution in [3.8, 4) is 5.75 Å². The maximum absolute atomic E-state index is 11.5. The first-order valence-electron chi connectivity index (χ1n) is 5.58. The van der Waals surface area contributed by atoms with Gasteiger partial charge in [-0.1, -0.05) is 22.0 Å². The lowest BCUT2D eigenvalue weighted by atomic mass is 10.3. The van der Waals surface area contributed by atoms with Crippen LogP contribution >= 0.6 is 15.9 Å². The summed E-state index contributed by atoms with van der Waals surface area (Å²) in [5.74, 6) is 0.306. The van der Waals surface area contributed by atoms with Gasteiger partial charge in [-0.25, -0.2) is 5.43 Å². The fourth-order valence-corrected chi connectivity index (χ4v) is 1.71. The van der Waals surface area contributed by atoms with Gasteiger partial charge < -0.3 is 9.72 Å². The molecule has 98 valence electrons. The molecule has 0 unspecified atom stereocenters. The molecule has 1 amide bonds. The molecule has 0 bridgehead atoms. The molecule has 0 fully saturated rings. The van der Waals surface area contributed by atoms with E-state index in [0.29, 0.717) is 5.75 Å². The third kappa shape index (κ3) is 4.59. The van der Waals surface area contributed by atoms with E-state index in [0.717, 1.165) is 10.2 Å². The van der Waals surface area contributed by atoms with Gasteiger partial charge in [-0.2, -0.15) is 5.10 Å². The standard InChI is InChI=1S/C13H12BrN3O2/c14-10-3-1-5-12(7-10)19-9-13(18)17-16-8-11-4-2-6-15-11/h1-8,15H,9H2,(H,17,18)/b16-8+. The number of carbonyl (C=O) groups excluding carboxylic acids is 1. The SMILES string of the molecule is O=C(COc1cccc(Br)c1)N/N=C/c1ccc[nH]1. The zero-order valence-electron chi connectivity index (χ0n) is 9.97. The highest BCUT2D eigenvalue weighted by Crippen LogP contribution is 2.17. The number of hydrogen-bond acceptors (Lipinski definition) is 3. The summed E-state index contributed by atoms with van der Waals surface area (Å²) in [6, 6.07) is 11.0. The van der Waals surface area contributed by atoms with Gasteiger partial charge in [0, 0.05) is 10.7 Å². The number of carbonyl (C=O) groups is 1. The minimum atomic E-state index is -0.317. The number of amides is 1. The molecule has 0 saturated carbocycles. The maximum Gasteiger partial charge on any atom is 0.277 e. The Hall–Kier alpha value is -2.08. The van der Waals surface area contributed by atoms with Crippen LogP contribution < -0.4 is 10.2 Å². The van der Waals surface area contributed by atoms with Crippen LogP contribution in [0.3, 0.4) is 0 Å². The molecule has 5 nitrogen and oxygen atoms in total. The van der Waals surface area contributed by atoms with Crippen LogP contribution in [0.4, 0.5) is 0 Å². The minimum absolute atomic E-state index is 0.0848. The third-order valence-electron chi connectivity index (χ3n) is 2.18. The summed E-state index contributed by atoms with van der Waals surface area (Å²) >= 11 is 3.33. The molecule has 0 aliphatic carbocycles. The quantitative estimate of drug-likeness (QED) is 0.655.